The molecule has 2 fully saturated rings. The van der Waals surface area contributed by atoms with Crippen LogP contribution in [0.2, 0.25) is 0 Å². The maximum absolute atomic E-state index is 11.4. The van der Waals surface area contributed by atoms with Crippen molar-refractivity contribution in [1.82, 2.24) is 0 Å². The van der Waals surface area contributed by atoms with Crippen LogP contribution in [0, 0.1) is 35.5 Å². The molecule has 2 aromatic rings. The number of aliphatic hydroxyl groups excluding tert-OH is 1. The van der Waals surface area contributed by atoms with Crippen LogP contribution in [-0.2, 0) is 0 Å². The maximum Gasteiger partial charge on any atom is 0.235 e. The molecule has 4 rings (SSSR count). The Labute approximate surface area is 155 Å². The first kappa shape index (κ1) is 18.0. The quantitative estimate of drug-likeness (QED) is 0.498. The number of aliphatic hydroxyl groups is 1. The average Bonchev–Trinajstić information content (AvgIpc) is 3.61. The monoisotopic (exact) mass is 342 g/mol. The second kappa shape index (κ2) is 9.04. The number of Topliss-reactive ketones (excluding diaryl/α,β-unsaturated/α-hetero) is 1. The zero-order valence-electron chi connectivity index (χ0n) is 14.7. The molecule has 0 aromatic heterocycles. The lowest BCUT2D eigenvalue weighted by atomic mass is 10.1. The Kier molecular flexibility index (Phi) is 6.26. The molecule has 0 bridgehead atoms. The number of benzene rings is 2. The van der Waals surface area contributed by atoms with E-state index >= 15 is 0 Å². The van der Waals surface area contributed by atoms with Crippen LogP contribution < -0.4 is 0 Å². The summed E-state index contributed by atoms with van der Waals surface area (Å²) in [6, 6.07) is 18.7. The van der Waals surface area contributed by atoms with E-state index in [2.05, 4.69) is 23.7 Å². The number of carbonyl (C=O) groups is 1. The van der Waals surface area contributed by atoms with Crippen LogP contribution in [0.4, 0.5) is 0 Å². The van der Waals surface area contributed by atoms with Gasteiger partial charge in [0, 0.05) is 17.4 Å². The van der Waals surface area contributed by atoms with E-state index in [0.29, 0.717) is 17.4 Å². The standard InChI is InChI=1S/C12H12O.C12H10O/c2*13-12(9-8-10-6-7-10)11-4-2-1-3-5-11/h1-5,10,12-13H,6-7H2;1-5,10H,6-7H2. The third-order valence-corrected chi connectivity index (χ3v) is 4.12. The van der Waals surface area contributed by atoms with E-state index in [1.165, 1.54) is 12.8 Å². The highest BCUT2D eigenvalue weighted by Gasteiger charge is 2.18. The SMILES string of the molecule is O=C(C#CC1CC1)c1ccccc1.OC(C#CC1CC1)c1ccccc1. The molecular formula is C24H22O2. The first-order valence-electron chi connectivity index (χ1n) is 9.07. The Hall–Kier alpha value is -2.81. The predicted molar refractivity (Wildman–Crippen MR) is 103 cm³/mol. The molecule has 2 nitrogen and oxygen atoms in total. The van der Waals surface area contributed by atoms with Gasteiger partial charge in [0.05, 0.1) is 0 Å². The molecule has 0 saturated heterocycles. The van der Waals surface area contributed by atoms with Gasteiger partial charge in [-0.25, -0.2) is 0 Å². The second-order valence-electron chi connectivity index (χ2n) is 6.61. The van der Waals surface area contributed by atoms with Gasteiger partial charge < -0.3 is 5.11 Å². The molecule has 2 aromatic carbocycles. The van der Waals surface area contributed by atoms with Gasteiger partial charge in [-0.1, -0.05) is 78.4 Å². The third kappa shape index (κ3) is 6.25. The van der Waals surface area contributed by atoms with Gasteiger partial charge in [0.1, 0.15) is 6.10 Å². The molecule has 1 atom stereocenters. The fraction of sp³-hybridized carbons (Fsp3) is 0.292. The molecule has 130 valence electrons. The molecule has 2 aliphatic carbocycles. The lowest BCUT2D eigenvalue weighted by molar-refractivity contribution is 0.105. The van der Waals surface area contributed by atoms with E-state index in [-0.39, 0.29) is 5.78 Å². The summed E-state index contributed by atoms with van der Waals surface area (Å²) in [5.74, 6) is 12.5. The Bertz CT molecular complexity index is 839. The molecule has 26 heavy (non-hydrogen) atoms. The third-order valence-electron chi connectivity index (χ3n) is 4.12. The topological polar surface area (TPSA) is 37.3 Å². The van der Waals surface area contributed by atoms with Gasteiger partial charge >= 0.3 is 0 Å². The van der Waals surface area contributed by atoms with E-state index in [0.717, 1.165) is 18.4 Å². The van der Waals surface area contributed by atoms with Crippen molar-refractivity contribution in [3.05, 3.63) is 71.8 Å². The molecule has 2 saturated carbocycles. The lowest BCUT2D eigenvalue weighted by Crippen LogP contribution is -1.93. The summed E-state index contributed by atoms with van der Waals surface area (Å²) < 4.78 is 0. The van der Waals surface area contributed by atoms with Crippen LogP contribution in [0.5, 0.6) is 0 Å². The molecule has 1 N–H and O–H groups in total. The summed E-state index contributed by atoms with van der Waals surface area (Å²) in [5, 5.41) is 9.62. The van der Waals surface area contributed by atoms with Gasteiger partial charge in [-0.05, 0) is 37.2 Å². The molecule has 2 heteroatoms. The van der Waals surface area contributed by atoms with Crippen LogP contribution in [0.25, 0.3) is 0 Å². The molecule has 0 radical (unpaired) electrons. The normalized spacial score (nSPS) is 15.9. The Morgan fingerprint density at radius 3 is 1.96 bits per heavy atom. The highest BCUT2D eigenvalue weighted by molar-refractivity contribution is 6.08. The zero-order chi connectivity index (χ0) is 18.2. The van der Waals surface area contributed by atoms with Crippen LogP contribution in [0.3, 0.4) is 0 Å². The number of rotatable bonds is 2. The van der Waals surface area contributed by atoms with Gasteiger partial charge in [-0.3, -0.25) is 4.79 Å². The van der Waals surface area contributed by atoms with E-state index < -0.39 is 6.10 Å². The fourth-order valence-corrected chi connectivity index (χ4v) is 2.20. The lowest BCUT2D eigenvalue weighted by Gasteiger charge is -2.01. The van der Waals surface area contributed by atoms with Gasteiger partial charge in [-0.2, -0.15) is 0 Å². The largest absolute Gasteiger partial charge is 0.376 e. The van der Waals surface area contributed by atoms with E-state index in [1.54, 1.807) is 12.1 Å². The Morgan fingerprint density at radius 1 is 0.846 bits per heavy atom. The number of hydrogen-bond donors (Lipinski definition) is 1. The molecule has 1 unspecified atom stereocenters. The predicted octanol–water partition coefficient (Wildman–Crippen LogP) is 4.42. The maximum atomic E-state index is 11.4. The van der Waals surface area contributed by atoms with E-state index in [1.807, 2.05) is 48.5 Å². The summed E-state index contributed by atoms with van der Waals surface area (Å²) in [5.41, 5.74) is 1.58. The Balaban J connectivity index is 0.000000151. The van der Waals surface area contributed by atoms with Crippen molar-refractivity contribution in [2.24, 2.45) is 11.8 Å². The van der Waals surface area contributed by atoms with Crippen LogP contribution in [-0.4, -0.2) is 10.9 Å². The average molecular weight is 342 g/mol. The molecule has 0 spiro atoms. The summed E-state index contributed by atoms with van der Waals surface area (Å²) >= 11 is 0. The fourth-order valence-electron chi connectivity index (χ4n) is 2.20. The van der Waals surface area contributed by atoms with Crippen LogP contribution >= 0.6 is 0 Å². The number of hydrogen-bond acceptors (Lipinski definition) is 2. The summed E-state index contributed by atoms with van der Waals surface area (Å²) in [4.78, 5) is 11.4. The zero-order valence-corrected chi connectivity index (χ0v) is 14.7. The molecular weight excluding hydrogens is 320 g/mol. The minimum Gasteiger partial charge on any atom is -0.376 e. The Morgan fingerprint density at radius 2 is 1.38 bits per heavy atom. The van der Waals surface area contributed by atoms with E-state index in [9.17, 15) is 9.90 Å². The smallest absolute Gasteiger partial charge is 0.235 e. The van der Waals surface area contributed by atoms with Crippen molar-refractivity contribution in [2.75, 3.05) is 0 Å². The van der Waals surface area contributed by atoms with Crippen molar-refractivity contribution in [1.29, 1.82) is 0 Å². The van der Waals surface area contributed by atoms with Crippen LogP contribution in [0.15, 0.2) is 60.7 Å². The van der Waals surface area contributed by atoms with Crippen LogP contribution in [0.1, 0.15) is 47.7 Å². The summed E-state index contributed by atoms with van der Waals surface area (Å²) in [6.45, 7) is 0. The highest BCUT2D eigenvalue weighted by Crippen LogP contribution is 2.28. The van der Waals surface area contributed by atoms with Gasteiger partial charge in [0.15, 0.2) is 0 Å². The second-order valence-corrected chi connectivity index (χ2v) is 6.61. The van der Waals surface area contributed by atoms with Crippen molar-refractivity contribution < 1.29 is 9.90 Å². The van der Waals surface area contributed by atoms with Crippen molar-refractivity contribution >= 4 is 5.78 Å². The molecule has 2 aliphatic rings. The minimum absolute atomic E-state index is 0.0625. The molecule has 0 aliphatic heterocycles. The van der Waals surface area contributed by atoms with E-state index in [4.69, 9.17) is 0 Å². The summed E-state index contributed by atoms with van der Waals surface area (Å²) in [7, 11) is 0. The van der Waals surface area contributed by atoms with Gasteiger partial charge in [0.2, 0.25) is 5.78 Å². The first-order valence-corrected chi connectivity index (χ1v) is 9.07. The number of carbonyl (C=O) groups excluding carboxylic acids is 1. The van der Waals surface area contributed by atoms with Gasteiger partial charge in [-0.15, -0.1) is 0 Å². The first-order chi connectivity index (χ1) is 12.7. The number of ketones is 1. The minimum atomic E-state index is -0.609. The molecule has 0 amide bonds. The van der Waals surface area contributed by atoms with Crippen molar-refractivity contribution in [3.8, 4) is 23.7 Å². The summed E-state index contributed by atoms with van der Waals surface area (Å²) in [6.07, 6.45) is 4.12. The molecule has 0 heterocycles. The van der Waals surface area contributed by atoms with Crippen molar-refractivity contribution in [3.63, 3.8) is 0 Å². The van der Waals surface area contributed by atoms with Crippen molar-refractivity contribution in [2.45, 2.75) is 31.8 Å². The van der Waals surface area contributed by atoms with Gasteiger partial charge in [0.25, 0.3) is 0 Å². The highest BCUT2D eigenvalue weighted by atomic mass is 16.3.